The van der Waals surface area contributed by atoms with Crippen molar-refractivity contribution >= 4 is 11.8 Å². The fraction of sp³-hybridized carbons (Fsp3) is 0.250. The van der Waals surface area contributed by atoms with Crippen LogP contribution in [0.25, 0.3) is 0 Å². The highest BCUT2D eigenvalue weighted by Gasteiger charge is 2.05. The minimum atomic E-state index is 0.126. The molecule has 0 radical (unpaired) electrons. The van der Waals surface area contributed by atoms with E-state index in [-0.39, 0.29) is 6.10 Å². The summed E-state index contributed by atoms with van der Waals surface area (Å²) in [5.41, 5.74) is 2.44. The van der Waals surface area contributed by atoms with E-state index in [1.54, 1.807) is 11.8 Å². The Morgan fingerprint density at radius 3 is 2.28 bits per heavy atom. The first-order chi connectivity index (χ1) is 8.79. The first-order valence-electron chi connectivity index (χ1n) is 6.09. The molecule has 94 valence electrons. The topological polar surface area (TPSA) is 9.23 Å². The molecule has 1 unspecified atom stereocenters. The lowest BCUT2D eigenvalue weighted by molar-refractivity contribution is 0.0525. The smallest absolute Gasteiger partial charge is 0.0801 e. The average Bonchev–Trinajstić information content (AvgIpc) is 2.46. The van der Waals surface area contributed by atoms with E-state index in [1.165, 1.54) is 16.0 Å². The maximum absolute atomic E-state index is 5.88. The first kappa shape index (κ1) is 13.2. The van der Waals surface area contributed by atoms with Crippen molar-refractivity contribution in [2.75, 3.05) is 6.26 Å². The molecule has 0 bridgehead atoms. The van der Waals surface area contributed by atoms with Gasteiger partial charge in [-0.2, -0.15) is 0 Å². The number of ether oxygens (including phenoxy) is 1. The predicted octanol–water partition coefficient (Wildman–Crippen LogP) is 4.69. The first-order valence-corrected chi connectivity index (χ1v) is 7.31. The van der Waals surface area contributed by atoms with Crippen LogP contribution in [0, 0.1) is 0 Å². The van der Waals surface area contributed by atoms with Gasteiger partial charge in [0.1, 0.15) is 0 Å². The van der Waals surface area contributed by atoms with E-state index in [1.807, 2.05) is 18.2 Å². The van der Waals surface area contributed by atoms with Gasteiger partial charge in [-0.25, -0.2) is 0 Å². The van der Waals surface area contributed by atoms with Crippen molar-refractivity contribution in [1.29, 1.82) is 0 Å². The minimum Gasteiger partial charge on any atom is -0.369 e. The van der Waals surface area contributed by atoms with Gasteiger partial charge in [0.25, 0.3) is 0 Å². The van der Waals surface area contributed by atoms with Crippen LogP contribution in [0.2, 0.25) is 0 Å². The van der Waals surface area contributed by atoms with Gasteiger partial charge >= 0.3 is 0 Å². The van der Waals surface area contributed by atoms with Crippen molar-refractivity contribution in [3.05, 3.63) is 65.7 Å². The van der Waals surface area contributed by atoms with Crippen molar-refractivity contribution in [3.8, 4) is 0 Å². The quantitative estimate of drug-likeness (QED) is 0.720. The zero-order valence-electron chi connectivity index (χ0n) is 10.8. The van der Waals surface area contributed by atoms with Gasteiger partial charge in [0.2, 0.25) is 0 Å². The minimum absolute atomic E-state index is 0.126. The largest absolute Gasteiger partial charge is 0.369 e. The lowest BCUT2D eigenvalue weighted by Gasteiger charge is -2.14. The molecule has 2 aromatic carbocycles. The molecule has 0 amide bonds. The summed E-state index contributed by atoms with van der Waals surface area (Å²) in [5.74, 6) is 0. The van der Waals surface area contributed by atoms with Crippen molar-refractivity contribution in [3.63, 3.8) is 0 Å². The van der Waals surface area contributed by atoms with E-state index >= 15 is 0 Å². The molecular weight excluding hydrogens is 240 g/mol. The van der Waals surface area contributed by atoms with Crippen LogP contribution >= 0.6 is 11.8 Å². The maximum Gasteiger partial charge on any atom is 0.0801 e. The second-order valence-electron chi connectivity index (χ2n) is 4.21. The molecule has 2 rings (SSSR count). The van der Waals surface area contributed by atoms with Crippen LogP contribution in [0.5, 0.6) is 0 Å². The third-order valence-electron chi connectivity index (χ3n) is 2.93. The number of hydrogen-bond acceptors (Lipinski definition) is 2. The van der Waals surface area contributed by atoms with E-state index in [2.05, 4.69) is 49.6 Å². The fourth-order valence-electron chi connectivity index (χ4n) is 1.77. The molecule has 0 fully saturated rings. The summed E-state index contributed by atoms with van der Waals surface area (Å²) in [7, 11) is 0. The summed E-state index contributed by atoms with van der Waals surface area (Å²) in [4.78, 5) is 1.29. The average molecular weight is 258 g/mol. The van der Waals surface area contributed by atoms with Gasteiger partial charge in [0, 0.05) is 4.90 Å². The van der Waals surface area contributed by atoms with Crippen molar-refractivity contribution in [2.24, 2.45) is 0 Å². The van der Waals surface area contributed by atoms with Crippen LogP contribution in [-0.2, 0) is 11.3 Å². The molecule has 0 aromatic heterocycles. The number of benzene rings is 2. The Balaban J connectivity index is 1.93. The van der Waals surface area contributed by atoms with E-state index < -0.39 is 0 Å². The van der Waals surface area contributed by atoms with Crippen LogP contribution in [0.3, 0.4) is 0 Å². The zero-order valence-corrected chi connectivity index (χ0v) is 11.6. The van der Waals surface area contributed by atoms with Crippen molar-refractivity contribution < 1.29 is 4.74 Å². The molecule has 0 N–H and O–H groups in total. The normalized spacial score (nSPS) is 12.3. The van der Waals surface area contributed by atoms with E-state index in [4.69, 9.17) is 4.74 Å². The summed E-state index contributed by atoms with van der Waals surface area (Å²) in [5, 5.41) is 0. The molecule has 2 heteroatoms. The molecule has 2 aromatic rings. The summed E-state index contributed by atoms with van der Waals surface area (Å²) in [6.45, 7) is 2.75. The number of thioether (sulfide) groups is 1. The molecule has 0 aliphatic heterocycles. The summed E-state index contributed by atoms with van der Waals surface area (Å²) >= 11 is 1.76. The highest BCUT2D eigenvalue weighted by Crippen LogP contribution is 2.22. The summed E-state index contributed by atoms with van der Waals surface area (Å²) in [6.07, 6.45) is 2.21. The Labute approximate surface area is 113 Å². The van der Waals surface area contributed by atoms with Gasteiger partial charge < -0.3 is 4.74 Å². The van der Waals surface area contributed by atoms with E-state index in [9.17, 15) is 0 Å². The highest BCUT2D eigenvalue weighted by molar-refractivity contribution is 7.98. The molecule has 0 saturated carbocycles. The predicted molar refractivity (Wildman–Crippen MR) is 77.9 cm³/mol. The summed E-state index contributed by atoms with van der Waals surface area (Å²) < 4.78 is 5.88. The Hall–Kier alpha value is -1.25. The molecule has 0 aliphatic carbocycles. The Morgan fingerprint density at radius 1 is 1.00 bits per heavy atom. The molecule has 0 heterocycles. The lowest BCUT2D eigenvalue weighted by atomic mass is 10.1. The van der Waals surface area contributed by atoms with E-state index in [0.29, 0.717) is 6.61 Å². The van der Waals surface area contributed by atoms with Gasteiger partial charge in [-0.1, -0.05) is 42.5 Å². The second-order valence-corrected chi connectivity index (χ2v) is 5.09. The summed E-state index contributed by atoms with van der Waals surface area (Å²) in [6, 6.07) is 18.8. The number of rotatable bonds is 5. The monoisotopic (exact) mass is 258 g/mol. The van der Waals surface area contributed by atoms with Gasteiger partial charge in [-0.3, -0.25) is 0 Å². The molecule has 0 spiro atoms. The number of hydrogen-bond donors (Lipinski definition) is 0. The maximum atomic E-state index is 5.88. The van der Waals surface area contributed by atoms with Crippen LogP contribution in [-0.4, -0.2) is 6.26 Å². The Morgan fingerprint density at radius 2 is 1.67 bits per heavy atom. The molecular formula is C16H18OS. The molecule has 0 saturated heterocycles. The molecule has 18 heavy (non-hydrogen) atoms. The molecule has 1 nitrogen and oxygen atoms in total. The molecule has 0 aliphatic rings. The Kier molecular flexibility index (Phi) is 4.85. The van der Waals surface area contributed by atoms with Gasteiger partial charge in [-0.05, 0) is 36.4 Å². The second kappa shape index (κ2) is 6.62. The van der Waals surface area contributed by atoms with Crippen LogP contribution < -0.4 is 0 Å². The highest BCUT2D eigenvalue weighted by atomic mass is 32.2. The Bertz CT molecular complexity index is 464. The van der Waals surface area contributed by atoms with Gasteiger partial charge in [0.05, 0.1) is 12.7 Å². The zero-order chi connectivity index (χ0) is 12.8. The van der Waals surface area contributed by atoms with E-state index in [0.717, 1.165) is 0 Å². The van der Waals surface area contributed by atoms with Crippen LogP contribution in [0.15, 0.2) is 59.5 Å². The van der Waals surface area contributed by atoms with Crippen molar-refractivity contribution in [1.82, 2.24) is 0 Å². The molecule has 1 atom stereocenters. The fourth-order valence-corrected chi connectivity index (χ4v) is 2.17. The lowest BCUT2D eigenvalue weighted by Crippen LogP contribution is -2.00. The third kappa shape index (κ3) is 3.62. The van der Waals surface area contributed by atoms with Crippen LogP contribution in [0.1, 0.15) is 24.2 Å². The van der Waals surface area contributed by atoms with Gasteiger partial charge in [-0.15, -0.1) is 11.8 Å². The SMILES string of the molecule is CSc1ccc(C(C)OCc2ccccc2)cc1. The van der Waals surface area contributed by atoms with Gasteiger partial charge in [0.15, 0.2) is 0 Å². The third-order valence-corrected chi connectivity index (χ3v) is 3.67. The van der Waals surface area contributed by atoms with Crippen molar-refractivity contribution in [2.45, 2.75) is 24.5 Å². The standard InChI is InChI=1S/C16H18OS/c1-13(15-8-10-16(18-2)11-9-15)17-12-14-6-4-3-5-7-14/h3-11,13H,12H2,1-2H3. The van der Waals surface area contributed by atoms with Crippen LogP contribution in [0.4, 0.5) is 0 Å².